The minimum absolute atomic E-state index is 0.0885. The highest BCUT2D eigenvalue weighted by Gasteiger charge is 2.23. The monoisotopic (exact) mass is 295 g/mol. The van der Waals surface area contributed by atoms with Crippen LogP contribution in [0.5, 0.6) is 0 Å². The van der Waals surface area contributed by atoms with Gasteiger partial charge in [-0.1, -0.05) is 18.2 Å². The molecule has 0 aliphatic carbocycles. The molecule has 20 heavy (non-hydrogen) atoms. The average Bonchev–Trinajstić information content (AvgIpc) is 2.88. The van der Waals surface area contributed by atoms with E-state index in [9.17, 15) is 8.42 Å². The smallest absolute Gasteiger partial charge is 0.267 e. The van der Waals surface area contributed by atoms with E-state index in [0.717, 1.165) is 5.56 Å². The van der Waals surface area contributed by atoms with Crippen molar-refractivity contribution in [3.63, 3.8) is 0 Å². The van der Waals surface area contributed by atoms with E-state index in [0.29, 0.717) is 5.69 Å². The number of aliphatic hydroxyl groups is 1. The van der Waals surface area contributed by atoms with Gasteiger partial charge in [-0.3, -0.25) is 8.99 Å². The third-order valence-electron chi connectivity index (χ3n) is 3.05. The lowest BCUT2D eigenvalue weighted by Crippen LogP contribution is -2.26. The molecule has 1 aromatic carbocycles. The van der Waals surface area contributed by atoms with Crippen molar-refractivity contribution < 1.29 is 13.5 Å². The number of hydrogen-bond donors (Lipinski definition) is 1. The molecule has 2 rings (SSSR count). The van der Waals surface area contributed by atoms with Crippen molar-refractivity contribution in [3.8, 4) is 0 Å². The summed E-state index contributed by atoms with van der Waals surface area (Å²) in [5, 5.41) is 12.8. The number of rotatable bonds is 5. The van der Waals surface area contributed by atoms with E-state index < -0.39 is 10.0 Å². The van der Waals surface area contributed by atoms with Gasteiger partial charge >= 0.3 is 0 Å². The molecule has 0 saturated carbocycles. The first-order valence-electron chi connectivity index (χ1n) is 6.14. The second-order valence-electron chi connectivity index (χ2n) is 4.42. The number of anilines is 1. The van der Waals surface area contributed by atoms with Crippen molar-refractivity contribution in [1.82, 2.24) is 9.78 Å². The maximum atomic E-state index is 12.5. The third kappa shape index (κ3) is 2.68. The van der Waals surface area contributed by atoms with Gasteiger partial charge in [0.1, 0.15) is 4.90 Å². The molecule has 0 bridgehead atoms. The van der Waals surface area contributed by atoms with Gasteiger partial charge in [0.05, 0.1) is 25.0 Å². The summed E-state index contributed by atoms with van der Waals surface area (Å²) in [7, 11) is -2.13. The van der Waals surface area contributed by atoms with Crippen molar-refractivity contribution in [2.24, 2.45) is 0 Å². The van der Waals surface area contributed by atoms with E-state index in [2.05, 4.69) is 5.10 Å². The number of benzene rings is 1. The Kier molecular flexibility index (Phi) is 4.10. The summed E-state index contributed by atoms with van der Waals surface area (Å²) in [5.74, 6) is 0. The van der Waals surface area contributed by atoms with E-state index in [4.69, 9.17) is 5.11 Å². The van der Waals surface area contributed by atoms with Crippen LogP contribution in [0.15, 0.2) is 41.6 Å². The molecule has 108 valence electrons. The molecule has 0 saturated heterocycles. The zero-order valence-electron chi connectivity index (χ0n) is 11.4. The van der Waals surface area contributed by atoms with Gasteiger partial charge in [-0.15, -0.1) is 0 Å². The van der Waals surface area contributed by atoms with Crippen LogP contribution >= 0.6 is 0 Å². The second kappa shape index (κ2) is 5.64. The van der Waals surface area contributed by atoms with Crippen LogP contribution in [-0.2, 0) is 16.6 Å². The van der Waals surface area contributed by atoms with Crippen LogP contribution in [0.1, 0.15) is 5.56 Å². The zero-order chi connectivity index (χ0) is 14.8. The standard InChI is InChI=1S/C13H17N3O3S/c1-11-5-3-4-6-13(11)15(2)20(18,19)12-9-14-16(10-12)7-8-17/h3-6,9-10,17H,7-8H2,1-2H3. The summed E-state index contributed by atoms with van der Waals surface area (Å²) in [6, 6.07) is 7.27. The van der Waals surface area contributed by atoms with E-state index in [1.165, 1.54) is 28.4 Å². The van der Waals surface area contributed by atoms with Crippen molar-refractivity contribution in [1.29, 1.82) is 0 Å². The highest BCUT2D eigenvalue weighted by atomic mass is 32.2. The fourth-order valence-electron chi connectivity index (χ4n) is 1.91. The van der Waals surface area contributed by atoms with Crippen LogP contribution in [0.25, 0.3) is 0 Å². The van der Waals surface area contributed by atoms with Gasteiger partial charge in [0.15, 0.2) is 0 Å². The molecule has 0 aliphatic rings. The first-order chi connectivity index (χ1) is 9.46. The number of aryl methyl sites for hydroxylation is 1. The van der Waals surface area contributed by atoms with E-state index >= 15 is 0 Å². The minimum Gasteiger partial charge on any atom is -0.394 e. The minimum atomic E-state index is -3.64. The normalized spacial score (nSPS) is 11.6. The summed E-state index contributed by atoms with van der Waals surface area (Å²) in [4.78, 5) is 0.108. The SMILES string of the molecule is Cc1ccccc1N(C)S(=O)(=O)c1cnn(CCO)c1. The molecule has 1 N–H and O–H groups in total. The lowest BCUT2D eigenvalue weighted by molar-refractivity contribution is 0.269. The van der Waals surface area contributed by atoms with Crippen LogP contribution in [0, 0.1) is 6.92 Å². The Balaban J connectivity index is 2.36. The number of aliphatic hydroxyl groups excluding tert-OH is 1. The van der Waals surface area contributed by atoms with Crippen LogP contribution in [0.2, 0.25) is 0 Å². The largest absolute Gasteiger partial charge is 0.394 e. The van der Waals surface area contributed by atoms with Gasteiger partial charge in [-0.25, -0.2) is 8.42 Å². The molecule has 0 radical (unpaired) electrons. The summed E-state index contributed by atoms with van der Waals surface area (Å²) < 4.78 is 27.7. The molecule has 6 nitrogen and oxygen atoms in total. The van der Waals surface area contributed by atoms with Crippen molar-refractivity contribution >= 4 is 15.7 Å². The Labute approximate surface area is 118 Å². The first-order valence-corrected chi connectivity index (χ1v) is 7.58. The fourth-order valence-corrected chi connectivity index (χ4v) is 3.12. The summed E-state index contributed by atoms with van der Waals surface area (Å²) in [6.07, 6.45) is 2.71. The topological polar surface area (TPSA) is 75.4 Å². The highest BCUT2D eigenvalue weighted by Crippen LogP contribution is 2.24. The Bertz CT molecular complexity index is 694. The van der Waals surface area contributed by atoms with Crippen LogP contribution < -0.4 is 4.31 Å². The molecule has 0 fully saturated rings. The number of hydrogen-bond acceptors (Lipinski definition) is 4. The van der Waals surface area contributed by atoms with E-state index in [-0.39, 0.29) is 18.0 Å². The predicted molar refractivity (Wildman–Crippen MR) is 76.1 cm³/mol. The van der Waals surface area contributed by atoms with Crippen LogP contribution in [0.4, 0.5) is 5.69 Å². The van der Waals surface area contributed by atoms with Gasteiger partial charge in [-0.05, 0) is 18.6 Å². The molecule has 0 atom stereocenters. The Morgan fingerprint density at radius 3 is 2.70 bits per heavy atom. The summed E-state index contributed by atoms with van der Waals surface area (Å²) >= 11 is 0. The molecule has 0 spiro atoms. The third-order valence-corrected chi connectivity index (χ3v) is 4.78. The Morgan fingerprint density at radius 1 is 1.35 bits per heavy atom. The van der Waals surface area contributed by atoms with Gasteiger partial charge in [0, 0.05) is 13.2 Å². The number of sulfonamides is 1. The van der Waals surface area contributed by atoms with E-state index in [1.807, 2.05) is 19.1 Å². The molecule has 2 aromatic rings. The molecular formula is C13H17N3O3S. The van der Waals surface area contributed by atoms with Gasteiger partial charge < -0.3 is 5.11 Å². The average molecular weight is 295 g/mol. The second-order valence-corrected chi connectivity index (χ2v) is 6.39. The van der Waals surface area contributed by atoms with Gasteiger partial charge in [0.25, 0.3) is 10.0 Å². The van der Waals surface area contributed by atoms with Crippen molar-refractivity contribution in [2.75, 3.05) is 18.0 Å². The maximum absolute atomic E-state index is 12.5. The maximum Gasteiger partial charge on any atom is 0.267 e. The van der Waals surface area contributed by atoms with Gasteiger partial charge in [0.2, 0.25) is 0 Å². The first kappa shape index (κ1) is 14.5. The lowest BCUT2D eigenvalue weighted by Gasteiger charge is -2.20. The molecule has 0 unspecified atom stereocenters. The molecule has 0 aliphatic heterocycles. The fraction of sp³-hybridized carbons (Fsp3) is 0.308. The number of nitrogens with zero attached hydrogens (tertiary/aromatic N) is 3. The van der Waals surface area contributed by atoms with Gasteiger partial charge in [-0.2, -0.15) is 5.10 Å². The lowest BCUT2D eigenvalue weighted by atomic mass is 10.2. The molecule has 1 aromatic heterocycles. The Hall–Kier alpha value is -1.86. The van der Waals surface area contributed by atoms with E-state index in [1.54, 1.807) is 12.1 Å². The van der Waals surface area contributed by atoms with Crippen LogP contribution in [0.3, 0.4) is 0 Å². The van der Waals surface area contributed by atoms with Crippen LogP contribution in [-0.4, -0.2) is 37.0 Å². The molecule has 1 heterocycles. The zero-order valence-corrected chi connectivity index (χ0v) is 12.2. The quantitative estimate of drug-likeness (QED) is 0.893. The summed E-state index contributed by atoms with van der Waals surface area (Å²) in [5.41, 5.74) is 1.50. The molecule has 7 heteroatoms. The predicted octanol–water partition coefficient (Wildman–Crippen LogP) is 1.01. The van der Waals surface area contributed by atoms with Crippen molar-refractivity contribution in [2.45, 2.75) is 18.4 Å². The summed E-state index contributed by atoms with van der Waals surface area (Å²) in [6.45, 7) is 2.04. The highest BCUT2D eigenvalue weighted by molar-refractivity contribution is 7.92. The molecular weight excluding hydrogens is 278 g/mol. The number of para-hydroxylation sites is 1. The number of aromatic nitrogens is 2. The Morgan fingerprint density at radius 2 is 2.05 bits per heavy atom. The van der Waals surface area contributed by atoms with Crippen molar-refractivity contribution in [3.05, 3.63) is 42.2 Å². The molecule has 0 amide bonds.